The van der Waals surface area contributed by atoms with Crippen molar-refractivity contribution in [3.8, 4) is 0 Å². The van der Waals surface area contributed by atoms with E-state index in [9.17, 15) is 5.11 Å². The van der Waals surface area contributed by atoms with Crippen LogP contribution in [-0.4, -0.2) is 18.3 Å². The molecule has 2 nitrogen and oxygen atoms in total. The van der Waals surface area contributed by atoms with Crippen molar-refractivity contribution < 1.29 is 9.84 Å². The summed E-state index contributed by atoms with van der Waals surface area (Å²) >= 11 is 0. The summed E-state index contributed by atoms with van der Waals surface area (Å²) in [6.45, 7) is 28.1. The summed E-state index contributed by atoms with van der Waals surface area (Å²) < 4.78 is 5.87. The van der Waals surface area contributed by atoms with Gasteiger partial charge in [-0.3, -0.25) is 0 Å². The zero-order valence-electron chi connectivity index (χ0n) is 25.4. The van der Waals surface area contributed by atoms with Gasteiger partial charge in [-0.05, 0) is 134 Å². The van der Waals surface area contributed by atoms with Gasteiger partial charge in [-0.15, -0.1) is 0 Å². The van der Waals surface area contributed by atoms with Crippen LogP contribution in [0.2, 0.25) is 0 Å². The monoisotopic (exact) mass is 510 g/mol. The van der Waals surface area contributed by atoms with Crippen molar-refractivity contribution >= 4 is 0 Å². The smallest absolute Gasteiger partial charge is 0.0915 e. The van der Waals surface area contributed by atoms with Gasteiger partial charge in [0, 0.05) is 12.0 Å². The maximum absolute atomic E-state index is 11.1. The molecule has 5 aliphatic rings. The first-order valence-corrected chi connectivity index (χ1v) is 16.0. The predicted octanol–water partition coefficient (Wildman–Crippen LogP) is 9.76. The zero-order valence-corrected chi connectivity index (χ0v) is 25.4. The molecule has 210 valence electrons. The molecule has 0 spiro atoms. The molecule has 1 N–H and O–H groups in total. The van der Waals surface area contributed by atoms with Crippen molar-refractivity contribution in [1.29, 1.82) is 0 Å². The molecule has 5 aliphatic carbocycles. The van der Waals surface area contributed by atoms with Crippen LogP contribution in [0.4, 0.5) is 0 Å². The molecule has 0 aliphatic heterocycles. The lowest BCUT2D eigenvalue weighted by molar-refractivity contribution is -0.243. The number of ether oxygens (including phenoxy) is 1. The summed E-state index contributed by atoms with van der Waals surface area (Å²) in [6.07, 6.45) is 14.2. The first-order valence-electron chi connectivity index (χ1n) is 16.0. The predicted molar refractivity (Wildman–Crippen MR) is 155 cm³/mol. The van der Waals surface area contributed by atoms with Gasteiger partial charge >= 0.3 is 0 Å². The third kappa shape index (κ3) is 3.52. The fourth-order valence-corrected chi connectivity index (χ4v) is 12.5. The maximum Gasteiger partial charge on any atom is 0.0915 e. The molecule has 0 aromatic carbocycles. The van der Waals surface area contributed by atoms with Crippen molar-refractivity contribution in [2.45, 2.75) is 119 Å². The minimum atomic E-state index is -0.116. The van der Waals surface area contributed by atoms with Gasteiger partial charge in [0.1, 0.15) is 0 Å². The average Bonchev–Trinajstić information content (AvgIpc) is 3.27. The van der Waals surface area contributed by atoms with E-state index in [4.69, 9.17) is 4.74 Å². The first kappa shape index (κ1) is 27.8. The van der Waals surface area contributed by atoms with E-state index in [1.54, 1.807) is 0 Å². The van der Waals surface area contributed by atoms with Gasteiger partial charge in [-0.25, -0.2) is 0 Å². The van der Waals surface area contributed by atoms with Crippen LogP contribution in [0.15, 0.2) is 24.5 Å². The van der Waals surface area contributed by atoms with Crippen LogP contribution < -0.4 is 0 Å². The van der Waals surface area contributed by atoms with E-state index in [0.717, 1.165) is 43.6 Å². The fraction of sp³-hybridized carbons (Fsp3) is 0.886. The van der Waals surface area contributed by atoms with Crippen LogP contribution in [0.25, 0.3) is 0 Å². The van der Waals surface area contributed by atoms with E-state index in [0.29, 0.717) is 51.8 Å². The molecule has 11 atom stereocenters. The Bertz CT molecular complexity index is 922. The second-order valence-electron chi connectivity index (χ2n) is 15.5. The number of aliphatic hydroxyl groups is 1. The molecule has 0 radical (unpaired) electrons. The molecule has 37 heavy (non-hydrogen) atoms. The van der Waals surface area contributed by atoms with E-state index in [-0.39, 0.29) is 5.41 Å². The van der Waals surface area contributed by atoms with Crippen LogP contribution in [-0.2, 0) is 4.74 Å². The second kappa shape index (κ2) is 9.14. The normalized spacial score (nSPS) is 52.9. The fourth-order valence-electron chi connectivity index (χ4n) is 12.5. The third-order valence-corrected chi connectivity index (χ3v) is 15.1. The topological polar surface area (TPSA) is 29.5 Å². The van der Waals surface area contributed by atoms with Crippen LogP contribution >= 0.6 is 0 Å². The molecular weight excluding hydrogens is 452 g/mol. The molecule has 0 bridgehead atoms. The summed E-state index contributed by atoms with van der Waals surface area (Å²) in [6, 6.07) is 0. The molecular formula is C35H58O2. The van der Waals surface area contributed by atoms with Gasteiger partial charge < -0.3 is 9.84 Å². The quantitative estimate of drug-likeness (QED) is 0.284. The van der Waals surface area contributed by atoms with E-state index in [1.165, 1.54) is 56.9 Å². The zero-order chi connectivity index (χ0) is 27.0. The van der Waals surface area contributed by atoms with Gasteiger partial charge in [0.15, 0.2) is 0 Å². The Kier molecular flexibility index (Phi) is 6.86. The van der Waals surface area contributed by atoms with E-state index >= 15 is 0 Å². The number of aliphatic hydroxyl groups excluding tert-OH is 1. The Hall–Kier alpha value is -0.760. The summed E-state index contributed by atoms with van der Waals surface area (Å²) in [5.41, 5.74) is 2.77. The van der Waals surface area contributed by atoms with Gasteiger partial charge in [-0.2, -0.15) is 0 Å². The third-order valence-electron chi connectivity index (χ3n) is 15.1. The van der Waals surface area contributed by atoms with Crippen molar-refractivity contribution in [1.82, 2.24) is 0 Å². The molecule has 1 unspecified atom stereocenters. The van der Waals surface area contributed by atoms with Crippen LogP contribution in [0, 0.1) is 62.6 Å². The Morgan fingerprint density at radius 2 is 1.57 bits per heavy atom. The standard InChI is InChI=1S/C35H58O2/c1-10-31(6)24(4)14-17-32(7)28(31)16-18-34(9)29(32)13-12-27-30-26(23(3)22-37-11-2)15-19-35(30,25(5)36)21-20-33(27,34)8/h24,26-30,36H,3,5,10-22H2,1-2,4,6-9H3/t24-,26-,27?,28-,29+,30+,31+,32-,33+,34+,35+/m0/s1. The lowest BCUT2D eigenvalue weighted by Gasteiger charge is -2.73. The lowest BCUT2D eigenvalue weighted by Crippen LogP contribution is -2.66. The van der Waals surface area contributed by atoms with Crippen LogP contribution in [0.5, 0.6) is 0 Å². The molecule has 0 aromatic rings. The number of rotatable bonds is 6. The van der Waals surface area contributed by atoms with E-state index < -0.39 is 0 Å². The lowest BCUT2D eigenvalue weighted by atomic mass is 9.31. The highest BCUT2D eigenvalue weighted by atomic mass is 16.5. The minimum absolute atomic E-state index is 0.116. The number of hydrogen-bond donors (Lipinski definition) is 1. The largest absolute Gasteiger partial charge is 0.512 e. The molecule has 0 heterocycles. The SMILES string of the molecule is C=C(COCC)[C@@H]1CC[C@]2(C(=C)O)CC[C@]3(C)C(CC[C@@H]4[C@@]5(C)CC[C@H](C)[C@@](C)(CC)[C@@H]5CC[C@]43C)[C@@H]12. The Morgan fingerprint density at radius 3 is 2.22 bits per heavy atom. The van der Waals surface area contributed by atoms with Gasteiger partial charge in [0.05, 0.1) is 12.4 Å². The van der Waals surface area contributed by atoms with Gasteiger partial charge in [0.25, 0.3) is 0 Å². The van der Waals surface area contributed by atoms with Gasteiger partial charge in [-0.1, -0.05) is 61.1 Å². The first-order chi connectivity index (χ1) is 17.4. The Balaban J connectivity index is 1.53. The summed E-state index contributed by atoms with van der Waals surface area (Å²) in [5.74, 6) is 4.53. The van der Waals surface area contributed by atoms with E-state index in [2.05, 4.69) is 61.6 Å². The highest BCUT2D eigenvalue weighted by molar-refractivity contribution is 5.26. The van der Waals surface area contributed by atoms with Crippen molar-refractivity contribution in [3.05, 3.63) is 24.5 Å². The molecule has 5 fully saturated rings. The van der Waals surface area contributed by atoms with Crippen LogP contribution in [0.3, 0.4) is 0 Å². The van der Waals surface area contributed by atoms with Gasteiger partial charge in [0.2, 0.25) is 0 Å². The Labute approximate surface area is 229 Å². The summed E-state index contributed by atoms with van der Waals surface area (Å²) in [7, 11) is 0. The van der Waals surface area contributed by atoms with Crippen LogP contribution in [0.1, 0.15) is 119 Å². The molecule has 0 amide bonds. The van der Waals surface area contributed by atoms with Crippen molar-refractivity contribution in [2.24, 2.45) is 62.6 Å². The molecule has 2 heteroatoms. The van der Waals surface area contributed by atoms with E-state index in [1.807, 2.05) is 0 Å². The maximum atomic E-state index is 11.1. The average molecular weight is 511 g/mol. The number of allylic oxidation sites excluding steroid dienone is 1. The van der Waals surface area contributed by atoms with Crippen molar-refractivity contribution in [2.75, 3.05) is 13.2 Å². The number of hydrogen-bond acceptors (Lipinski definition) is 2. The second-order valence-corrected chi connectivity index (χ2v) is 15.5. The molecule has 0 aromatic heterocycles. The minimum Gasteiger partial charge on any atom is -0.512 e. The summed E-state index contributed by atoms with van der Waals surface area (Å²) in [4.78, 5) is 0. The molecule has 5 saturated carbocycles. The Morgan fingerprint density at radius 1 is 0.838 bits per heavy atom. The van der Waals surface area contributed by atoms with Crippen molar-refractivity contribution in [3.63, 3.8) is 0 Å². The highest BCUT2D eigenvalue weighted by Gasteiger charge is 2.71. The number of fused-ring (bicyclic) bond motifs is 7. The molecule has 0 saturated heterocycles. The highest BCUT2D eigenvalue weighted by Crippen LogP contribution is 2.78. The molecule has 5 rings (SSSR count). The summed E-state index contributed by atoms with van der Waals surface area (Å²) in [5, 5.41) is 11.1.